The van der Waals surface area contributed by atoms with E-state index in [0.29, 0.717) is 6.54 Å². The van der Waals surface area contributed by atoms with Crippen LogP contribution in [0.25, 0.3) is 5.65 Å². The highest BCUT2D eigenvalue weighted by atomic mass is 16.5. The first kappa shape index (κ1) is 9.74. The van der Waals surface area contributed by atoms with E-state index in [2.05, 4.69) is 10.1 Å². The van der Waals surface area contributed by atoms with Gasteiger partial charge in [0.15, 0.2) is 11.5 Å². The van der Waals surface area contributed by atoms with Gasteiger partial charge in [-0.3, -0.25) is 0 Å². The van der Waals surface area contributed by atoms with Gasteiger partial charge in [0, 0.05) is 19.3 Å². The standard InChI is InChI=1S/C11H14N4O/c12-6-8-3-4-10-13-11(14-15(10)7-8)9-2-1-5-16-9/h3-4,7,9H,1-2,5-6,12H2. The molecule has 1 unspecified atom stereocenters. The number of aromatic nitrogens is 3. The summed E-state index contributed by atoms with van der Waals surface area (Å²) < 4.78 is 7.34. The molecule has 1 aliphatic rings. The Morgan fingerprint density at radius 1 is 1.50 bits per heavy atom. The van der Waals surface area contributed by atoms with Gasteiger partial charge in [-0.25, -0.2) is 9.50 Å². The van der Waals surface area contributed by atoms with Crippen molar-refractivity contribution >= 4 is 5.65 Å². The molecule has 1 atom stereocenters. The molecular formula is C11H14N4O. The van der Waals surface area contributed by atoms with Crippen LogP contribution in [-0.4, -0.2) is 21.2 Å². The molecule has 84 valence electrons. The second-order valence-corrected chi connectivity index (χ2v) is 4.02. The van der Waals surface area contributed by atoms with E-state index in [4.69, 9.17) is 10.5 Å². The van der Waals surface area contributed by atoms with Crippen molar-refractivity contribution in [1.29, 1.82) is 0 Å². The molecule has 3 heterocycles. The number of pyridine rings is 1. The van der Waals surface area contributed by atoms with Crippen LogP contribution in [0.15, 0.2) is 18.3 Å². The van der Waals surface area contributed by atoms with Gasteiger partial charge in [-0.05, 0) is 24.5 Å². The smallest absolute Gasteiger partial charge is 0.180 e. The van der Waals surface area contributed by atoms with Crippen molar-refractivity contribution in [2.75, 3.05) is 6.61 Å². The second kappa shape index (κ2) is 3.84. The van der Waals surface area contributed by atoms with Crippen LogP contribution in [0, 0.1) is 0 Å². The Balaban J connectivity index is 2.01. The Kier molecular flexibility index (Phi) is 2.34. The van der Waals surface area contributed by atoms with Crippen LogP contribution in [0.3, 0.4) is 0 Å². The summed E-state index contributed by atoms with van der Waals surface area (Å²) in [5.74, 6) is 0.784. The number of hydrogen-bond acceptors (Lipinski definition) is 4. The molecule has 16 heavy (non-hydrogen) atoms. The van der Waals surface area contributed by atoms with E-state index in [1.54, 1.807) is 4.52 Å². The molecular weight excluding hydrogens is 204 g/mol. The molecule has 0 aliphatic carbocycles. The molecule has 2 N–H and O–H groups in total. The fraction of sp³-hybridized carbons (Fsp3) is 0.455. The fourth-order valence-electron chi connectivity index (χ4n) is 1.98. The highest BCUT2D eigenvalue weighted by Gasteiger charge is 2.21. The summed E-state index contributed by atoms with van der Waals surface area (Å²) in [5, 5.41) is 4.43. The second-order valence-electron chi connectivity index (χ2n) is 4.02. The minimum absolute atomic E-state index is 0.0706. The summed E-state index contributed by atoms with van der Waals surface area (Å²) in [4.78, 5) is 4.46. The van der Waals surface area contributed by atoms with Crippen LogP contribution >= 0.6 is 0 Å². The average Bonchev–Trinajstić information content (AvgIpc) is 2.96. The van der Waals surface area contributed by atoms with Gasteiger partial charge in [0.1, 0.15) is 6.10 Å². The first-order valence-electron chi connectivity index (χ1n) is 5.54. The van der Waals surface area contributed by atoms with E-state index >= 15 is 0 Å². The molecule has 1 saturated heterocycles. The molecule has 0 radical (unpaired) electrons. The minimum Gasteiger partial charge on any atom is -0.370 e. The normalized spacial score (nSPS) is 20.7. The largest absolute Gasteiger partial charge is 0.370 e. The molecule has 5 nitrogen and oxygen atoms in total. The molecule has 2 aromatic heterocycles. The molecule has 0 bridgehead atoms. The van der Waals surface area contributed by atoms with Gasteiger partial charge in [-0.15, -0.1) is 5.10 Å². The summed E-state index contributed by atoms with van der Waals surface area (Å²) in [5.41, 5.74) is 7.49. The van der Waals surface area contributed by atoms with Crippen LogP contribution < -0.4 is 5.73 Å². The maximum absolute atomic E-state index is 5.58. The molecule has 0 saturated carbocycles. The minimum atomic E-state index is 0.0706. The molecule has 2 aromatic rings. The maximum Gasteiger partial charge on any atom is 0.180 e. The molecule has 1 fully saturated rings. The Hall–Kier alpha value is -1.46. The fourth-order valence-corrected chi connectivity index (χ4v) is 1.98. The third-order valence-corrected chi connectivity index (χ3v) is 2.86. The van der Waals surface area contributed by atoms with Crippen LogP contribution in [0.1, 0.15) is 30.3 Å². The van der Waals surface area contributed by atoms with Crippen LogP contribution in [0.4, 0.5) is 0 Å². The zero-order chi connectivity index (χ0) is 11.0. The molecule has 0 amide bonds. The lowest BCUT2D eigenvalue weighted by atomic mass is 10.2. The maximum atomic E-state index is 5.58. The van der Waals surface area contributed by atoms with Gasteiger partial charge in [0.05, 0.1) is 0 Å². The highest BCUT2D eigenvalue weighted by Crippen LogP contribution is 2.26. The number of nitrogens with two attached hydrogens (primary N) is 1. The lowest BCUT2D eigenvalue weighted by Gasteiger charge is -2.01. The summed E-state index contributed by atoms with van der Waals surface area (Å²) in [6, 6.07) is 3.91. The van der Waals surface area contributed by atoms with E-state index in [1.807, 2.05) is 18.3 Å². The first-order valence-corrected chi connectivity index (χ1v) is 5.54. The number of ether oxygens (including phenoxy) is 1. The SMILES string of the molecule is NCc1ccc2nc(C3CCCO3)nn2c1. The predicted octanol–water partition coefficient (Wildman–Crippen LogP) is 1.04. The highest BCUT2D eigenvalue weighted by molar-refractivity contribution is 5.38. The van der Waals surface area contributed by atoms with Crippen molar-refractivity contribution < 1.29 is 4.74 Å². The predicted molar refractivity (Wildman–Crippen MR) is 58.8 cm³/mol. The Labute approximate surface area is 93.2 Å². The van der Waals surface area contributed by atoms with E-state index in [9.17, 15) is 0 Å². The van der Waals surface area contributed by atoms with Gasteiger partial charge < -0.3 is 10.5 Å². The quantitative estimate of drug-likeness (QED) is 0.818. The summed E-state index contributed by atoms with van der Waals surface area (Å²) in [6.45, 7) is 1.33. The third kappa shape index (κ3) is 1.58. The average molecular weight is 218 g/mol. The summed E-state index contributed by atoms with van der Waals surface area (Å²) in [6.07, 6.45) is 4.09. The zero-order valence-electron chi connectivity index (χ0n) is 8.97. The number of nitrogens with zero attached hydrogens (tertiary/aromatic N) is 3. The van der Waals surface area contributed by atoms with E-state index in [0.717, 1.165) is 36.5 Å². The Morgan fingerprint density at radius 2 is 2.44 bits per heavy atom. The van der Waals surface area contributed by atoms with E-state index in [1.165, 1.54) is 0 Å². The van der Waals surface area contributed by atoms with Gasteiger partial charge >= 0.3 is 0 Å². The van der Waals surface area contributed by atoms with Crippen LogP contribution in [-0.2, 0) is 11.3 Å². The van der Waals surface area contributed by atoms with Crippen molar-refractivity contribution in [3.8, 4) is 0 Å². The number of rotatable bonds is 2. The zero-order valence-corrected chi connectivity index (χ0v) is 8.97. The van der Waals surface area contributed by atoms with E-state index in [-0.39, 0.29) is 6.10 Å². The Bertz CT molecular complexity index is 502. The van der Waals surface area contributed by atoms with Crippen LogP contribution in [0.2, 0.25) is 0 Å². The Morgan fingerprint density at radius 3 is 3.19 bits per heavy atom. The van der Waals surface area contributed by atoms with Crippen molar-refractivity contribution in [3.63, 3.8) is 0 Å². The molecule has 0 spiro atoms. The number of hydrogen-bond donors (Lipinski definition) is 1. The van der Waals surface area contributed by atoms with Gasteiger partial charge in [0.25, 0.3) is 0 Å². The molecule has 3 rings (SSSR count). The summed E-state index contributed by atoms with van der Waals surface area (Å²) in [7, 11) is 0. The summed E-state index contributed by atoms with van der Waals surface area (Å²) >= 11 is 0. The lowest BCUT2D eigenvalue weighted by molar-refractivity contribution is 0.105. The van der Waals surface area contributed by atoms with E-state index < -0.39 is 0 Å². The molecule has 1 aliphatic heterocycles. The lowest BCUT2D eigenvalue weighted by Crippen LogP contribution is -2.00. The van der Waals surface area contributed by atoms with Crippen LogP contribution in [0.5, 0.6) is 0 Å². The van der Waals surface area contributed by atoms with Crippen molar-refractivity contribution in [1.82, 2.24) is 14.6 Å². The van der Waals surface area contributed by atoms with Gasteiger partial charge in [-0.2, -0.15) is 0 Å². The monoisotopic (exact) mass is 218 g/mol. The molecule has 0 aromatic carbocycles. The van der Waals surface area contributed by atoms with Gasteiger partial charge in [-0.1, -0.05) is 6.07 Å². The van der Waals surface area contributed by atoms with Crippen molar-refractivity contribution in [2.24, 2.45) is 5.73 Å². The topological polar surface area (TPSA) is 65.4 Å². The third-order valence-electron chi connectivity index (χ3n) is 2.86. The van der Waals surface area contributed by atoms with Gasteiger partial charge in [0.2, 0.25) is 0 Å². The van der Waals surface area contributed by atoms with Crippen molar-refractivity contribution in [3.05, 3.63) is 29.7 Å². The van der Waals surface area contributed by atoms with Crippen molar-refractivity contribution in [2.45, 2.75) is 25.5 Å². The first-order chi connectivity index (χ1) is 7.86. The number of fused-ring (bicyclic) bond motifs is 1. The molecule has 5 heteroatoms.